The van der Waals surface area contributed by atoms with Crippen molar-refractivity contribution >= 4 is 26.0 Å². The lowest BCUT2D eigenvalue weighted by molar-refractivity contribution is 0.0742. The summed E-state index contributed by atoms with van der Waals surface area (Å²) in [6, 6.07) is 11.7. The number of rotatable bonds is 6. The molecule has 2 aromatic rings. The zero-order valence-corrected chi connectivity index (χ0v) is 19.2. The van der Waals surface area contributed by atoms with E-state index in [2.05, 4.69) is 0 Å². The van der Waals surface area contributed by atoms with Gasteiger partial charge >= 0.3 is 0 Å². The van der Waals surface area contributed by atoms with Crippen LogP contribution in [0, 0.1) is 0 Å². The predicted molar refractivity (Wildman–Crippen MR) is 117 cm³/mol. The Morgan fingerprint density at radius 3 is 2.23 bits per heavy atom. The first-order valence-electron chi connectivity index (χ1n) is 10.0. The maximum Gasteiger partial charge on any atom is 0.254 e. The second-order valence-corrected chi connectivity index (χ2v) is 11.2. The minimum Gasteiger partial charge on any atom is -0.335 e. The molecule has 31 heavy (non-hydrogen) atoms. The van der Waals surface area contributed by atoms with Crippen LogP contribution < -0.4 is 5.14 Å². The molecule has 0 aliphatic carbocycles. The zero-order valence-electron chi connectivity index (χ0n) is 17.6. The zero-order chi connectivity index (χ0) is 22.8. The molecule has 1 atom stereocenters. The van der Waals surface area contributed by atoms with Gasteiger partial charge in [0.15, 0.2) is 0 Å². The summed E-state index contributed by atoms with van der Waals surface area (Å²) >= 11 is 0. The second-order valence-electron chi connectivity index (χ2n) is 7.70. The molecule has 1 amide bonds. The largest absolute Gasteiger partial charge is 0.335 e. The molecule has 1 heterocycles. The fourth-order valence-corrected chi connectivity index (χ4v) is 5.73. The lowest BCUT2D eigenvalue weighted by atomic mass is 10.1. The van der Waals surface area contributed by atoms with Gasteiger partial charge in [-0.3, -0.25) is 4.79 Å². The number of nitrogens with zero attached hydrogens (tertiary/aromatic N) is 2. The molecule has 0 saturated carbocycles. The van der Waals surface area contributed by atoms with Gasteiger partial charge in [0.25, 0.3) is 5.91 Å². The third-order valence-corrected chi connectivity index (χ3v) is 8.41. The Morgan fingerprint density at radius 2 is 1.58 bits per heavy atom. The molecule has 1 unspecified atom stereocenters. The lowest BCUT2D eigenvalue weighted by Gasteiger charge is -2.27. The van der Waals surface area contributed by atoms with Gasteiger partial charge in [-0.1, -0.05) is 24.6 Å². The first-order chi connectivity index (χ1) is 14.5. The maximum atomic E-state index is 13.1. The number of carbonyl (C=O) groups is 1. The van der Waals surface area contributed by atoms with E-state index in [1.807, 2.05) is 0 Å². The van der Waals surface area contributed by atoms with Gasteiger partial charge in [0, 0.05) is 25.7 Å². The van der Waals surface area contributed by atoms with E-state index in [0.717, 1.165) is 19.3 Å². The summed E-state index contributed by atoms with van der Waals surface area (Å²) in [5.74, 6) is -0.371. The van der Waals surface area contributed by atoms with E-state index in [1.165, 1.54) is 33.5 Å². The number of amides is 1. The van der Waals surface area contributed by atoms with Crippen LogP contribution in [0.5, 0.6) is 0 Å². The van der Waals surface area contributed by atoms with Crippen molar-refractivity contribution in [3.05, 3.63) is 59.7 Å². The molecule has 3 rings (SSSR count). The summed E-state index contributed by atoms with van der Waals surface area (Å²) in [4.78, 5) is 14.6. The Balaban J connectivity index is 1.85. The molecule has 0 radical (unpaired) electrons. The van der Waals surface area contributed by atoms with Gasteiger partial charge in [-0.05, 0) is 55.7 Å². The molecule has 2 N–H and O–H groups in total. The summed E-state index contributed by atoms with van der Waals surface area (Å²) in [6.07, 6.45) is 2.67. The van der Waals surface area contributed by atoms with Gasteiger partial charge in [-0.25, -0.2) is 22.0 Å². The predicted octanol–water partition coefficient (Wildman–Crippen LogP) is 2.34. The van der Waals surface area contributed by atoms with Gasteiger partial charge in [0.1, 0.15) is 0 Å². The number of hydrogen-bond acceptors (Lipinski definition) is 5. The van der Waals surface area contributed by atoms with E-state index in [9.17, 15) is 21.6 Å². The monoisotopic (exact) mass is 465 g/mol. The number of primary sulfonamides is 1. The minimum absolute atomic E-state index is 0.0349. The smallest absolute Gasteiger partial charge is 0.254 e. The molecule has 1 aliphatic rings. The molecule has 10 heteroatoms. The maximum absolute atomic E-state index is 13.1. The number of sulfonamides is 2. The third-order valence-electron chi connectivity index (χ3n) is 5.60. The normalized spacial score (nSPS) is 16.6. The van der Waals surface area contributed by atoms with Crippen LogP contribution in [-0.4, -0.2) is 52.1 Å². The van der Waals surface area contributed by atoms with Gasteiger partial charge < -0.3 is 4.90 Å². The quantitative estimate of drug-likeness (QED) is 0.703. The van der Waals surface area contributed by atoms with Crippen molar-refractivity contribution in [2.45, 2.75) is 42.0 Å². The van der Waals surface area contributed by atoms with E-state index in [4.69, 9.17) is 5.14 Å². The fourth-order valence-electron chi connectivity index (χ4n) is 3.60. The van der Waals surface area contributed by atoms with E-state index in [1.54, 1.807) is 38.2 Å². The highest BCUT2D eigenvalue weighted by atomic mass is 32.2. The number of carbonyl (C=O) groups excluding carboxylic acids is 1. The van der Waals surface area contributed by atoms with Gasteiger partial charge in [-0.2, -0.15) is 4.31 Å². The van der Waals surface area contributed by atoms with Gasteiger partial charge in [0.2, 0.25) is 20.0 Å². The van der Waals surface area contributed by atoms with Crippen molar-refractivity contribution in [2.75, 3.05) is 20.1 Å². The van der Waals surface area contributed by atoms with Crippen LogP contribution in [0.15, 0.2) is 58.3 Å². The van der Waals surface area contributed by atoms with Crippen LogP contribution >= 0.6 is 0 Å². The molecule has 1 fully saturated rings. The average Bonchev–Trinajstić information content (AvgIpc) is 2.77. The Bertz CT molecular complexity index is 1170. The van der Waals surface area contributed by atoms with E-state index < -0.39 is 26.1 Å². The summed E-state index contributed by atoms with van der Waals surface area (Å²) in [5, 5.41) is 5.20. The van der Waals surface area contributed by atoms with Crippen LogP contribution in [0.4, 0.5) is 0 Å². The number of hydrogen-bond donors (Lipinski definition) is 1. The molecule has 1 aliphatic heterocycles. The molecular weight excluding hydrogens is 438 g/mol. The summed E-state index contributed by atoms with van der Waals surface area (Å²) in [6.45, 7) is 2.73. The highest BCUT2D eigenvalue weighted by Gasteiger charge is 2.27. The standard InChI is InChI=1S/C21H27N3O5S2/c1-16(17-8-6-10-19(14-17)30(22,26)27)23(2)21(25)18-9-7-11-20(15-18)31(28,29)24-12-4-3-5-13-24/h6-11,14-16H,3-5,12-13H2,1-2H3,(H2,22,26,27). The molecule has 8 nitrogen and oxygen atoms in total. The SMILES string of the molecule is CC(c1cccc(S(N)(=O)=O)c1)N(C)C(=O)c1cccc(S(=O)(=O)N2CCCCC2)c1. The highest BCUT2D eigenvalue weighted by molar-refractivity contribution is 7.89. The highest BCUT2D eigenvalue weighted by Crippen LogP contribution is 2.25. The fraction of sp³-hybridized carbons (Fsp3) is 0.381. The summed E-state index contributed by atoms with van der Waals surface area (Å²) in [5.41, 5.74) is 0.842. The lowest BCUT2D eigenvalue weighted by Crippen LogP contribution is -2.35. The summed E-state index contributed by atoms with van der Waals surface area (Å²) < 4.78 is 50.6. The van der Waals surface area contributed by atoms with Gasteiger partial charge in [0.05, 0.1) is 15.8 Å². The van der Waals surface area contributed by atoms with E-state index in [0.29, 0.717) is 18.7 Å². The van der Waals surface area contributed by atoms with Crippen molar-refractivity contribution < 1.29 is 21.6 Å². The Morgan fingerprint density at radius 1 is 0.968 bits per heavy atom. The summed E-state index contributed by atoms with van der Waals surface area (Å²) in [7, 11) is -5.93. The number of benzene rings is 2. The van der Waals surface area contributed by atoms with Crippen molar-refractivity contribution in [3.63, 3.8) is 0 Å². The van der Waals surface area contributed by atoms with Gasteiger partial charge in [-0.15, -0.1) is 0 Å². The van der Waals surface area contributed by atoms with Crippen molar-refractivity contribution in [1.29, 1.82) is 0 Å². The van der Waals surface area contributed by atoms with Crippen molar-refractivity contribution in [2.24, 2.45) is 5.14 Å². The average molecular weight is 466 g/mol. The van der Waals surface area contributed by atoms with Crippen LogP contribution in [0.1, 0.15) is 48.1 Å². The molecule has 0 aromatic heterocycles. The second kappa shape index (κ2) is 9.07. The molecule has 2 aromatic carbocycles. The number of nitrogens with two attached hydrogens (primary N) is 1. The number of piperidine rings is 1. The van der Waals surface area contributed by atoms with E-state index >= 15 is 0 Å². The van der Waals surface area contributed by atoms with Crippen LogP contribution in [0.3, 0.4) is 0 Å². The Hall–Kier alpha value is -2.27. The Kier molecular flexibility index (Phi) is 6.85. The molecule has 0 spiro atoms. The van der Waals surface area contributed by atoms with E-state index in [-0.39, 0.29) is 21.3 Å². The Labute approximate surface area is 183 Å². The van der Waals surface area contributed by atoms with Crippen LogP contribution in [-0.2, 0) is 20.0 Å². The minimum atomic E-state index is -3.86. The molecule has 168 valence electrons. The van der Waals surface area contributed by atoms with Crippen molar-refractivity contribution in [1.82, 2.24) is 9.21 Å². The van der Waals surface area contributed by atoms with Crippen molar-refractivity contribution in [3.8, 4) is 0 Å². The topological polar surface area (TPSA) is 118 Å². The third kappa shape index (κ3) is 5.15. The van der Waals surface area contributed by atoms with Crippen LogP contribution in [0.2, 0.25) is 0 Å². The van der Waals surface area contributed by atoms with Crippen LogP contribution in [0.25, 0.3) is 0 Å². The molecular formula is C21H27N3O5S2. The molecule has 1 saturated heterocycles. The first kappa shape index (κ1) is 23.4. The molecule has 0 bridgehead atoms. The first-order valence-corrected chi connectivity index (χ1v) is 13.0.